The lowest BCUT2D eigenvalue weighted by molar-refractivity contribution is -0.143. The highest BCUT2D eigenvalue weighted by Crippen LogP contribution is 2.32. The third-order valence-corrected chi connectivity index (χ3v) is 1.75. The van der Waals surface area contributed by atoms with Gasteiger partial charge >= 0.3 is 12.1 Å². The Morgan fingerprint density at radius 1 is 1.50 bits per heavy atom. The molecule has 0 aliphatic rings. The second kappa shape index (κ2) is 3.36. The maximum Gasteiger partial charge on any atom is 0.432 e. The highest BCUT2D eigenvalue weighted by molar-refractivity contribution is 5.90. The number of esters is 1. The Hall–Kier alpha value is -1.46. The van der Waals surface area contributed by atoms with Gasteiger partial charge in [0.2, 0.25) is 0 Å². The van der Waals surface area contributed by atoms with Gasteiger partial charge in [0, 0.05) is 13.2 Å². The second-order valence-corrected chi connectivity index (χ2v) is 2.68. The standard InChI is InChI=1S/C8H8F3NO2/c1-12-4-3-5(7(13)14-2)6(12)8(9,10)11/h3-4H,1-2H3. The summed E-state index contributed by atoms with van der Waals surface area (Å²) in [6, 6.07) is 1.08. The monoisotopic (exact) mass is 207 g/mol. The molecule has 1 heterocycles. The van der Waals surface area contributed by atoms with E-state index in [1.165, 1.54) is 7.05 Å². The first-order valence-electron chi connectivity index (χ1n) is 3.68. The van der Waals surface area contributed by atoms with Gasteiger partial charge in [0.15, 0.2) is 0 Å². The molecule has 14 heavy (non-hydrogen) atoms. The van der Waals surface area contributed by atoms with Gasteiger partial charge in [-0.25, -0.2) is 4.79 Å². The van der Waals surface area contributed by atoms with E-state index in [-0.39, 0.29) is 0 Å². The average molecular weight is 207 g/mol. The van der Waals surface area contributed by atoms with Crippen molar-refractivity contribution < 1.29 is 22.7 Å². The van der Waals surface area contributed by atoms with Crippen molar-refractivity contribution >= 4 is 5.97 Å². The van der Waals surface area contributed by atoms with Crippen LogP contribution in [0.4, 0.5) is 13.2 Å². The van der Waals surface area contributed by atoms with Gasteiger partial charge in [-0.3, -0.25) is 0 Å². The molecule has 0 bridgehead atoms. The van der Waals surface area contributed by atoms with Crippen LogP contribution in [0.2, 0.25) is 0 Å². The smallest absolute Gasteiger partial charge is 0.432 e. The Labute approximate surface area is 78.1 Å². The number of nitrogens with zero attached hydrogens (tertiary/aromatic N) is 1. The van der Waals surface area contributed by atoms with E-state index in [1.807, 2.05) is 0 Å². The molecule has 0 N–H and O–H groups in total. The maximum absolute atomic E-state index is 12.4. The van der Waals surface area contributed by atoms with Crippen molar-refractivity contribution in [2.24, 2.45) is 7.05 Å². The summed E-state index contributed by atoms with van der Waals surface area (Å²) in [5.74, 6) is -0.988. The molecule has 1 rings (SSSR count). The van der Waals surface area contributed by atoms with Crippen LogP contribution in [0.3, 0.4) is 0 Å². The predicted octanol–water partition coefficient (Wildman–Crippen LogP) is 1.83. The minimum atomic E-state index is -4.55. The van der Waals surface area contributed by atoms with Crippen molar-refractivity contribution in [1.82, 2.24) is 4.57 Å². The molecule has 1 aromatic heterocycles. The van der Waals surface area contributed by atoms with Crippen molar-refractivity contribution in [2.75, 3.05) is 7.11 Å². The summed E-state index contributed by atoms with van der Waals surface area (Å²) in [5.41, 5.74) is -1.47. The van der Waals surface area contributed by atoms with Crippen LogP contribution < -0.4 is 0 Å². The summed E-state index contributed by atoms with van der Waals surface area (Å²) < 4.78 is 42.3. The molecule has 0 saturated carbocycles. The van der Waals surface area contributed by atoms with E-state index < -0.39 is 23.4 Å². The van der Waals surface area contributed by atoms with Gasteiger partial charge in [-0.1, -0.05) is 0 Å². The first-order valence-corrected chi connectivity index (χ1v) is 3.68. The van der Waals surface area contributed by atoms with Crippen LogP contribution in [0, 0.1) is 0 Å². The van der Waals surface area contributed by atoms with Crippen molar-refractivity contribution in [3.8, 4) is 0 Å². The number of hydrogen-bond donors (Lipinski definition) is 0. The Morgan fingerprint density at radius 2 is 2.07 bits per heavy atom. The quantitative estimate of drug-likeness (QED) is 0.658. The van der Waals surface area contributed by atoms with E-state index in [1.54, 1.807) is 0 Å². The lowest BCUT2D eigenvalue weighted by Crippen LogP contribution is -2.16. The van der Waals surface area contributed by atoms with Gasteiger partial charge in [0.25, 0.3) is 0 Å². The zero-order valence-electron chi connectivity index (χ0n) is 7.55. The predicted molar refractivity (Wildman–Crippen MR) is 41.8 cm³/mol. The number of ether oxygens (including phenoxy) is 1. The molecule has 0 aromatic carbocycles. The number of rotatable bonds is 1. The Kier molecular flexibility index (Phi) is 2.55. The van der Waals surface area contributed by atoms with E-state index in [2.05, 4.69) is 4.74 Å². The summed E-state index contributed by atoms with van der Waals surface area (Å²) in [7, 11) is 2.25. The third-order valence-electron chi connectivity index (χ3n) is 1.75. The van der Waals surface area contributed by atoms with Crippen LogP contribution in [0.5, 0.6) is 0 Å². The van der Waals surface area contributed by atoms with Gasteiger partial charge in [0.05, 0.1) is 12.7 Å². The molecule has 0 aliphatic carbocycles. The first kappa shape index (κ1) is 10.6. The van der Waals surface area contributed by atoms with Gasteiger partial charge in [-0.05, 0) is 6.07 Å². The van der Waals surface area contributed by atoms with Crippen molar-refractivity contribution in [3.05, 3.63) is 23.5 Å². The normalized spacial score (nSPS) is 11.5. The number of carbonyl (C=O) groups excluding carboxylic acids is 1. The molecule has 0 fully saturated rings. The van der Waals surface area contributed by atoms with Crippen LogP contribution in [-0.2, 0) is 18.0 Å². The molecule has 78 valence electrons. The molecular weight excluding hydrogens is 199 g/mol. The van der Waals surface area contributed by atoms with Gasteiger partial charge < -0.3 is 9.30 Å². The molecule has 0 saturated heterocycles. The zero-order chi connectivity index (χ0) is 10.9. The number of methoxy groups -OCH3 is 1. The van der Waals surface area contributed by atoms with Crippen molar-refractivity contribution in [2.45, 2.75) is 6.18 Å². The number of hydrogen-bond acceptors (Lipinski definition) is 2. The number of alkyl halides is 3. The fourth-order valence-corrected chi connectivity index (χ4v) is 1.16. The average Bonchev–Trinajstić information content (AvgIpc) is 2.44. The molecule has 1 aromatic rings. The molecule has 0 atom stereocenters. The maximum atomic E-state index is 12.4. The fraction of sp³-hybridized carbons (Fsp3) is 0.375. The highest BCUT2D eigenvalue weighted by Gasteiger charge is 2.38. The summed E-state index contributed by atoms with van der Waals surface area (Å²) in [4.78, 5) is 11.0. The number of aryl methyl sites for hydroxylation is 1. The molecule has 6 heteroatoms. The summed E-state index contributed by atoms with van der Waals surface area (Å²) in [5, 5.41) is 0. The van der Waals surface area contributed by atoms with Crippen LogP contribution in [0.15, 0.2) is 12.3 Å². The molecule has 0 spiro atoms. The molecule has 3 nitrogen and oxygen atoms in total. The minimum absolute atomic E-state index is 0.470. The molecule has 0 aliphatic heterocycles. The summed E-state index contributed by atoms with van der Waals surface area (Å²) in [6.07, 6.45) is -3.39. The lowest BCUT2D eigenvalue weighted by atomic mass is 10.2. The lowest BCUT2D eigenvalue weighted by Gasteiger charge is -2.09. The summed E-state index contributed by atoms with van der Waals surface area (Å²) >= 11 is 0. The minimum Gasteiger partial charge on any atom is -0.465 e. The van der Waals surface area contributed by atoms with E-state index in [4.69, 9.17) is 0 Å². The van der Waals surface area contributed by atoms with E-state index in [0.717, 1.165) is 23.9 Å². The fourth-order valence-electron chi connectivity index (χ4n) is 1.16. The molecule has 0 unspecified atom stereocenters. The molecular formula is C8H8F3NO2. The SMILES string of the molecule is COC(=O)c1ccn(C)c1C(F)(F)F. The first-order chi connectivity index (χ1) is 6.38. The van der Waals surface area contributed by atoms with Crippen LogP contribution >= 0.6 is 0 Å². The van der Waals surface area contributed by atoms with Gasteiger partial charge in [0.1, 0.15) is 5.69 Å². The number of halogens is 3. The van der Waals surface area contributed by atoms with E-state index in [0.29, 0.717) is 0 Å². The van der Waals surface area contributed by atoms with E-state index >= 15 is 0 Å². The van der Waals surface area contributed by atoms with Crippen LogP contribution in [0.25, 0.3) is 0 Å². The number of carbonyl (C=O) groups is 1. The van der Waals surface area contributed by atoms with E-state index in [9.17, 15) is 18.0 Å². The van der Waals surface area contributed by atoms with Gasteiger partial charge in [-0.15, -0.1) is 0 Å². The zero-order valence-corrected chi connectivity index (χ0v) is 7.55. The molecule has 0 radical (unpaired) electrons. The van der Waals surface area contributed by atoms with Crippen molar-refractivity contribution in [3.63, 3.8) is 0 Å². The Bertz CT molecular complexity index is 354. The highest BCUT2D eigenvalue weighted by atomic mass is 19.4. The Balaban J connectivity index is 3.27. The summed E-state index contributed by atoms with van der Waals surface area (Å²) in [6.45, 7) is 0. The molecule has 0 amide bonds. The van der Waals surface area contributed by atoms with Crippen molar-refractivity contribution in [1.29, 1.82) is 0 Å². The van der Waals surface area contributed by atoms with Crippen LogP contribution in [0.1, 0.15) is 16.1 Å². The second-order valence-electron chi connectivity index (χ2n) is 2.68. The largest absolute Gasteiger partial charge is 0.465 e. The third kappa shape index (κ3) is 1.73. The Morgan fingerprint density at radius 3 is 2.50 bits per heavy atom. The topological polar surface area (TPSA) is 31.2 Å². The number of aromatic nitrogens is 1. The van der Waals surface area contributed by atoms with Crippen LogP contribution in [-0.4, -0.2) is 17.6 Å². The van der Waals surface area contributed by atoms with Gasteiger partial charge in [-0.2, -0.15) is 13.2 Å².